The van der Waals surface area contributed by atoms with Gasteiger partial charge in [-0.15, -0.1) is 0 Å². The van der Waals surface area contributed by atoms with Gasteiger partial charge < -0.3 is 9.47 Å². The molecule has 0 aliphatic heterocycles. The highest BCUT2D eigenvalue weighted by Crippen LogP contribution is 2.28. The van der Waals surface area contributed by atoms with Crippen LogP contribution in [0.15, 0.2) is 60.7 Å². The minimum absolute atomic E-state index is 0.124. The van der Waals surface area contributed by atoms with Crippen LogP contribution in [0.25, 0.3) is 0 Å². The molecule has 2 atom stereocenters. The molecule has 0 N–H and O–H groups in total. The number of carbonyl (C=O) groups excluding carboxylic acids is 1. The monoisotopic (exact) mass is 326 g/mol. The topological polar surface area (TPSA) is 35.5 Å². The number of esters is 1. The average molecular weight is 326 g/mol. The predicted molar refractivity (Wildman–Crippen MR) is 95.4 cm³/mol. The van der Waals surface area contributed by atoms with Crippen molar-refractivity contribution in [3.63, 3.8) is 0 Å². The molecule has 2 aromatic carbocycles. The van der Waals surface area contributed by atoms with Gasteiger partial charge in [0, 0.05) is 0 Å². The van der Waals surface area contributed by atoms with Crippen LogP contribution in [0.5, 0.6) is 0 Å². The van der Waals surface area contributed by atoms with E-state index in [4.69, 9.17) is 9.47 Å². The van der Waals surface area contributed by atoms with Gasteiger partial charge in [0.25, 0.3) is 0 Å². The molecule has 3 heteroatoms. The number of hydrogen-bond donors (Lipinski definition) is 0. The first-order valence-electron chi connectivity index (χ1n) is 8.61. The van der Waals surface area contributed by atoms with Crippen molar-refractivity contribution in [2.45, 2.75) is 39.4 Å². The summed E-state index contributed by atoms with van der Waals surface area (Å²) in [4.78, 5) is 12.1. The SMILES string of the molecule is CCOC(=O)[C@H](CC)C[C@H](OCc1ccccc1)c1ccccc1. The Kier molecular flexibility index (Phi) is 7.50. The number of benzene rings is 2. The quantitative estimate of drug-likeness (QED) is 0.613. The van der Waals surface area contributed by atoms with Gasteiger partial charge in [-0.2, -0.15) is 0 Å². The lowest BCUT2D eigenvalue weighted by Gasteiger charge is -2.23. The summed E-state index contributed by atoms with van der Waals surface area (Å²) in [6.45, 7) is 4.79. The molecule has 0 saturated carbocycles. The van der Waals surface area contributed by atoms with Crippen LogP contribution in [0.3, 0.4) is 0 Å². The fourth-order valence-electron chi connectivity index (χ4n) is 2.69. The third-order valence-corrected chi connectivity index (χ3v) is 4.08. The Morgan fingerprint density at radius 3 is 2.17 bits per heavy atom. The van der Waals surface area contributed by atoms with Gasteiger partial charge in [-0.25, -0.2) is 0 Å². The lowest BCUT2D eigenvalue weighted by molar-refractivity contribution is -0.149. The van der Waals surface area contributed by atoms with Crippen molar-refractivity contribution >= 4 is 5.97 Å². The predicted octanol–water partition coefficient (Wildman–Crippen LogP) is 4.92. The molecule has 0 unspecified atom stereocenters. The van der Waals surface area contributed by atoms with Crippen LogP contribution < -0.4 is 0 Å². The molecule has 0 aliphatic rings. The van der Waals surface area contributed by atoms with Gasteiger partial charge in [-0.3, -0.25) is 4.79 Å². The largest absolute Gasteiger partial charge is 0.466 e. The van der Waals surface area contributed by atoms with Gasteiger partial charge in [-0.05, 0) is 30.9 Å². The van der Waals surface area contributed by atoms with Crippen LogP contribution in [-0.4, -0.2) is 12.6 Å². The molecule has 0 aromatic heterocycles. The van der Waals surface area contributed by atoms with Crippen LogP contribution >= 0.6 is 0 Å². The number of hydrogen-bond acceptors (Lipinski definition) is 3. The van der Waals surface area contributed by atoms with E-state index in [0.29, 0.717) is 19.6 Å². The number of carbonyl (C=O) groups is 1. The normalized spacial score (nSPS) is 13.2. The molecule has 2 rings (SSSR count). The standard InChI is InChI=1S/C21H26O3/c1-3-18(21(22)23-4-2)15-20(19-13-9-6-10-14-19)24-16-17-11-7-5-8-12-17/h5-14,18,20H,3-4,15-16H2,1-2H3/t18-,20+/m1/s1. The zero-order chi connectivity index (χ0) is 17.2. The Labute approximate surface area is 144 Å². The Balaban J connectivity index is 2.09. The van der Waals surface area contributed by atoms with Crippen molar-refractivity contribution in [2.24, 2.45) is 5.92 Å². The molecule has 0 amide bonds. The van der Waals surface area contributed by atoms with Gasteiger partial charge in [-0.1, -0.05) is 67.6 Å². The van der Waals surface area contributed by atoms with E-state index in [2.05, 4.69) is 0 Å². The molecule has 24 heavy (non-hydrogen) atoms. The lowest BCUT2D eigenvalue weighted by Crippen LogP contribution is -2.21. The van der Waals surface area contributed by atoms with Crippen LogP contribution in [0.4, 0.5) is 0 Å². The summed E-state index contributed by atoms with van der Waals surface area (Å²) in [5.74, 6) is -0.282. The summed E-state index contributed by atoms with van der Waals surface area (Å²) in [7, 11) is 0. The Hall–Kier alpha value is -2.13. The number of ether oxygens (including phenoxy) is 2. The molecule has 0 radical (unpaired) electrons. The van der Waals surface area contributed by atoms with Crippen molar-refractivity contribution in [1.82, 2.24) is 0 Å². The summed E-state index contributed by atoms with van der Waals surface area (Å²) in [6, 6.07) is 20.2. The number of rotatable bonds is 9. The minimum atomic E-state index is -0.147. The van der Waals surface area contributed by atoms with Gasteiger partial charge in [0.2, 0.25) is 0 Å². The van der Waals surface area contributed by atoms with Crippen LogP contribution in [0.1, 0.15) is 43.9 Å². The van der Waals surface area contributed by atoms with Crippen LogP contribution in [-0.2, 0) is 20.9 Å². The first-order valence-corrected chi connectivity index (χ1v) is 8.61. The average Bonchev–Trinajstić information content (AvgIpc) is 2.63. The van der Waals surface area contributed by atoms with Gasteiger partial charge in [0.05, 0.1) is 25.2 Å². The van der Waals surface area contributed by atoms with E-state index in [1.165, 1.54) is 0 Å². The molecule has 0 saturated heterocycles. The van der Waals surface area contributed by atoms with E-state index in [0.717, 1.165) is 17.5 Å². The zero-order valence-corrected chi connectivity index (χ0v) is 14.5. The zero-order valence-electron chi connectivity index (χ0n) is 14.5. The van der Waals surface area contributed by atoms with E-state index < -0.39 is 0 Å². The maximum atomic E-state index is 12.1. The first-order chi connectivity index (χ1) is 11.7. The highest BCUT2D eigenvalue weighted by atomic mass is 16.5. The van der Waals surface area contributed by atoms with E-state index in [1.54, 1.807) is 0 Å². The maximum Gasteiger partial charge on any atom is 0.309 e. The molecule has 0 bridgehead atoms. The third-order valence-electron chi connectivity index (χ3n) is 4.08. The second kappa shape index (κ2) is 9.89. The molecule has 0 heterocycles. The fraction of sp³-hybridized carbons (Fsp3) is 0.381. The summed E-state index contributed by atoms with van der Waals surface area (Å²) >= 11 is 0. The van der Waals surface area contributed by atoms with Crippen molar-refractivity contribution in [1.29, 1.82) is 0 Å². The summed E-state index contributed by atoms with van der Waals surface area (Å²) in [5, 5.41) is 0. The minimum Gasteiger partial charge on any atom is -0.466 e. The molecule has 2 aromatic rings. The van der Waals surface area contributed by atoms with Crippen LogP contribution in [0.2, 0.25) is 0 Å². The van der Waals surface area contributed by atoms with E-state index in [-0.39, 0.29) is 18.0 Å². The van der Waals surface area contributed by atoms with Gasteiger partial charge >= 0.3 is 5.97 Å². The molecule has 128 valence electrons. The fourth-order valence-corrected chi connectivity index (χ4v) is 2.69. The van der Waals surface area contributed by atoms with Crippen molar-refractivity contribution in [2.75, 3.05) is 6.61 Å². The van der Waals surface area contributed by atoms with E-state index >= 15 is 0 Å². The van der Waals surface area contributed by atoms with Crippen molar-refractivity contribution < 1.29 is 14.3 Å². The highest BCUT2D eigenvalue weighted by molar-refractivity contribution is 5.72. The molecular weight excluding hydrogens is 300 g/mol. The molecule has 3 nitrogen and oxygen atoms in total. The van der Waals surface area contributed by atoms with E-state index in [9.17, 15) is 4.79 Å². The molecule has 0 fully saturated rings. The second-order valence-electron chi connectivity index (χ2n) is 5.79. The summed E-state index contributed by atoms with van der Waals surface area (Å²) in [6.07, 6.45) is 1.25. The van der Waals surface area contributed by atoms with Gasteiger partial charge in [0.1, 0.15) is 0 Å². The molecule has 0 aliphatic carbocycles. The Morgan fingerprint density at radius 2 is 1.58 bits per heavy atom. The second-order valence-corrected chi connectivity index (χ2v) is 5.79. The first kappa shape index (κ1) is 18.2. The highest BCUT2D eigenvalue weighted by Gasteiger charge is 2.24. The third kappa shape index (κ3) is 5.50. The summed E-state index contributed by atoms with van der Waals surface area (Å²) in [5.41, 5.74) is 2.22. The molecule has 0 spiro atoms. The summed E-state index contributed by atoms with van der Waals surface area (Å²) < 4.78 is 11.4. The lowest BCUT2D eigenvalue weighted by atomic mass is 9.94. The van der Waals surface area contributed by atoms with Gasteiger partial charge in [0.15, 0.2) is 0 Å². The van der Waals surface area contributed by atoms with E-state index in [1.807, 2.05) is 74.5 Å². The van der Waals surface area contributed by atoms with Crippen molar-refractivity contribution in [3.8, 4) is 0 Å². The Morgan fingerprint density at radius 1 is 0.958 bits per heavy atom. The molecular formula is C21H26O3. The maximum absolute atomic E-state index is 12.1. The van der Waals surface area contributed by atoms with Crippen LogP contribution in [0, 0.1) is 5.92 Å². The van der Waals surface area contributed by atoms with Crippen molar-refractivity contribution in [3.05, 3.63) is 71.8 Å². The smallest absolute Gasteiger partial charge is 0.309 e. The Bertz CT molecular complexity index is 595.